The zero-order valence-electron chi connectivity index (χ0n) is 15.5. The van der Waals surface area contributed by atoms with Gasteiger partial charge in [-0.3, -0.25) is 9.59 Å². The number of fused-ring (bicyclic) bond motifs is 1. The highest BCUT2D eigenvalue weighted by Crippen LogP contribution is 2.22. The average Bonchev–Trinajstić information content (AvgIpc) is 2.74. The SMILES string of the molecule is C[C@H](NC(=O)c1cc2ccccc2[nH]c1=O)c1ccc(-c2ccccc2)cc1. The second-order valence-corrected chi connectivity index (χ2v) is 6.78. The maximum Gasteiger partial charge on any atom is 0.261 e. The number of aromatic nitrogens is 1. The Hall–Kier alpha value is -3.66. The molecule has 0 bridgehead atoms. The topological polar surface area (TPSA) is 62.0 Å². The van der Waals surface area contributed by atoms with E-state index in [1.165, 1.54) is 0 Å². The molecular weight excluding hydrogens is 348 g/mol. The predicted octanol–water partition coefficient (Wildman–Crippen LogP) is 4.69. The van der Waals surface area contributed by atoms with E-state index in [-0.39, 0.29) is 23.1 Å². The van der Waals surface area contributed by atoms with Gasteiger partial charge in [0.25, 0.3) is 11.5 Å². The minimum absolute atomic E-state index is 0.117. The standard InChI is InChI=1S/C24H20N2O2/c1-16(17-11-13-19(14-12-17)18-7-3-2-4-8-18)25-23(27)21-15-20-9-5-6-10-22(20)26-24(21)28/h2-16H,1H3,(H,25,27)(H,26,28)/t16-/m0/s1. The van der Waals surface area contributed by atoms with Crippen LogP contribution in [0.2, 0.25) is 0 Å². The van der Waals surface area contributed by atoms with Crippen molar-refractivity contribution >= 4 is 16.8 Å². The smallest absolute Gasteiger partial charge is 0.261 e. The molecule has 4 nitrogen and oxygen atoms in total. The summed E-state index contributed by atoms with van der Waals surface area (Å²) in [6, 6.07) is 27.0. The number of amides is 1. The van der Waals surface area contributed by atoms with Crippen molar-refractivity contribution in [2.75, 3.05) is 0 Å². The molecule has 0 unspecified atom stereocenters. The molecule has 0 saturated carbocycles. The maximum atomic E-state index is 12.7. The lowest BCUT2D eigenvalue weighted by molar-refractivity contribution is 0.0938. The number of carbonyl (C=O) groups excluding carboxylic acids is 1. The monoisotopic (exact) mass is 368 g/mol. The van der Waals surface area contributed by atoms with E-state index in [2.05, 4.69) is 22.4 Å². The van der Waals surface area contributed by atoms with Crippen LogP contribution in [-0.4, -0.2) is 10.9 Å². The third kappa shape index (κ3) is 3.58. The van der Waals surface area contributed by atoms with Crippen molar-refractivity contribution in [2.45, 2.75) is 13.0 Å². The Labute approximate surface area is 162 Å². The summed E-state index contributed by atoms with van der Waals surface area (Å²) in [6.45, 7) is 1.91. The van der Waals surface area contributed by atoms with E-state index in [0.717, 1.165) is 22.1 Å². The molecule has 0 fully saturated rings. The van der Waals surface area contributed by atoms with Crippen molar-refractivity contribution in [3.05, 3.63) is 106 Å². The molecule has 0 aliphatic heterocycles. The quantitative estimate of drug-likeness (QED) is 0.549. The molecule has 0 saturated heterocycles. The number of para-hydroxylation sites is 1. The number of rotatable bonds is 4. The lowest BCUT2D eigenvalue weighted by Gasteiger charge is -2.15. The third-order valence-corrected chi connectivity index (χ3v) is 4.86. The zero-order valence-corrected chi connectivity index (χ0v) is 15.5. The van der Waals surface area contributed by atoms with Gasteiger partial charge in [-0.1, -0.05) is 72.8 Å². The number of carbonyl (C=O) groups is 1. The molecule has 138 valence electrons. The summed E-state index contributed by atoms with van der Waals surface area (Å²) in [5.74, 6) is -0.383. The molecule has 1 heterocycles. The second kappa shape index (κ2) is 7.53. The summed E-state index contributed by atoms with van der Waals surface area (Å²) < 4.78 is 0. The largest absolute Gasteiger partial charge is 0.345 e. The molecule has 0 aliphatic rings. The number of aromatic amines is 1. The highest BCUT2D eigenvalue weighted by atomic mass is 16.2. The summed E-state index contributed by atoms with van der Waals surface area (Å²) in [4.78, 5) is 27.7. The molecule has 28 heavy (non-hydrogen) atoms. The van der Waals surface area contributed by atoms with E-state index in [0.29, 0.717) is 5.52 Å². The predicted molar refractivity (Wildman–Crippen MR) is 112 cm³/mol. The lowest BCUT2D eigenvalue weighted by Crippen LogP contribution is -2.31. The van der Waals surface area contributed by atoms with Crippen LogP contribution in [0.5, 0.6) is 0 Å². The number of nitrogens with one attached hydrogen (secondary N) is 2. The van der Waals surface area contributed by atoms with E-state index in [4.69, 9.17) is 0 Å². The number of hydrogen-bond donors (Lipinski definition) is 2. The third-order valence-electron chi connectivity index (χ3n) is 4.86. The molecule has 0 radical (unpaired) electrons. The lowest BCUT2D eigenvalue weighted by atomic mass is 10.0. The Bertz CT molecular complexity index is 1180. The van der Waals surface area contributed by atoms with E-state index < -0.39 is 0 Å². The normalized spacial score (nSPS) is 11.9. The first-order valence-corrected chi connectivity index (χ1v) is 9.20. The van der Waals surface area contributed by atoms with Gasteiger partial charge in [0, 0.05) is 5.52 Å². The Morgan fingerprint density at radius 3 is 2.25 bits per heavy atom. The van der Waals surface area contributed by atoms with Gasteiger partial charge >= 0.3 is 0 Å². The van der Waals surface area contributed by atoms with Gasteiger partial charge in [0.1, 0.15) is 5.56 Å². The second-order valence-electron chi connectivity index (χ2n) is 6.78. The number of benzene rings is 3. The molecule has 0 spiro atoms. The van der Waals surface area contributed by atoms with Crippen molar-refractivity contribution < 1.29 is 4.79 Å². The van der Waals surface area contributed by atoms with E-state index in [1.807, 2.05) is 73.7 Å². The molecule has 3 aromatic carbocycles. The summed E-state index contributed by atoms with van der Waals surface area (Å²) in [6.07, 6.45) is 0. The zero-order chi connectivity index (χ0) is 19.5. The molecule has 0 aliphatic carbocycles. The first-order valence-electron chi connectivity index (χ1n) is 9.20. The first kappa shape index (κ1) is 17.7. The van der Waals surface area contributed by atoms with Crippen LogP contribution >= 0.6 is 0 Å². The van der Waals surface area contributed by atoms with Crippen LogP contribution in [0.4, 0.5) is 0 Å². The van der Waals surface area contributed by atoms with Crippen molar-refractivity contribution in [1.82, 2.24) is 10.3 Å². The minimum Gasteiger partial charge on any atom is -0.345 e. The van der Waals surface area contributed by atoms with Crippen molar-refractivity contribution in [1.29, 1.82) is 0 Å². The Balaban J connectivity index is 1.53. The van der Waals surface area contributed by atoms with Gasteiger partial charge in [-0.15, -0.1) is 0 Å². The molecular formula is C24H20N2O2. The average molecular weight is 368 g/mol. The summed E-state index contributed by atoms with van der Waals surface area (Å²) in [5, 5.41) is 3.74. The summed E-state index contributed by atoms with van der Waals surface area (Å²) in [7, 11) is 0. The fourth-order valence-corrected chi connectivity index (χ4v) is 3.27. The van der Waals surface area contributed by atoms with Crippen LogP contribution in [0.1, 0.15) is 28.9 Å². The van der Waals surface area contributed by atoms with Crippen LogP contribution in [-0.2, 0) is 0 Å². The van der Waals surface area contributed by atoms with Crippen molar-refractivity contribution in [3.63, 3.8) is 0 Å². The van der Waals surface area contributed by atoms with Gasteiger partial charge < -0.3 is 10.3 Å². The molecule has 4 heteroatoms. The fourth-order valence-electron chi connectivity index (χ4n) is 3.27. The molecule has 1 aromatic heterocycles. The van der Waals surface area contributed by atoms with Gasteiger partial charge in [0.05, 0.1) is 6.04 Å². The highest BCUT2D eigenvalue weighted by Gasteiger charge is 2.15. The van der Waals surface area contributed by atoms with Crippen LogP contribution < -0.4 is 10.9 Å². The number of hydrogen-bond acceptors (Lipinski definition) is 2. The molecule has 2 N–H and O–H groups in total. The first-order chi connectivity index (χ1) is 13.6. The van der Waals surface area contributed by atoms with Crippen LogP contribution in [0.25, 0.3) is 22.0 Å². The number of pyridine rings is 1. The van der Waals surface area contributed by atoms with Crippen molar-refractivity contribution in [2.24, 2.45) is 0 Å². The maximum absolute atomic E-state index is 12.7. The van der Waals surface area contributed by atoms with Crippen molar-refractivity contribution in [3.8, 4) is 11.1 Å². The van der Waals surface area contributed by atoms with E-state index in [1.54, 1.807) is 6.07 Å². The Morgan fingerprint density at radius 2 is 1.50 bits per heavy atom. The number of H-pyrrole nitrogens is 1. The minimum atomic E-state index is -0.386. The molecule has 1 amide bonds. The summed E-state index contributed by atoms with van der Waals surface area (Å²) >= 11 is 0. The molecule has 4 aromatic rings. The molecule has 1 atom stereocenters. The highest BCUT2D eigenvalue weighted by molar-refractivity contribution is 5.97. The van der Waals surface area contributed by atoms with E-state index in [9.17, 15) is 9.59 Å². The van der Waals surface area contributed by atoms with Crippen LogP contribution in [0.3, 0.4) is 0 Å². The van der Waals surface area contributed by atoms with Gasteiger partial charge in [-0.05, 0) is 41.1 Å². The van der Waals surface area contributed by atoms with Gasteiger partial charge in [0.2, 0.25) is 0 Å². The summed E-state index contributed by atoms with van der Waals surface area (Å²) in [5.41, 5.74) is 3.69. The van der Waals surface area contributed by atoms with Crippen LogP contribution in [0.15, 0.2) is 89.7 Å². The Kier molecular flexibility index (Phi) is 4.77. The Morgan fingerprint density at radius 1 is 0.857 bits per heavy atom. The van der Waals surface area contributed by atoms with Gasteiger partial charge in [0.15, 0.2) is 0 Å². The van der Waals surface area contributed by atoms with Crippen LogP contribution in [0, 0.1) is 0 Å². The van der Waals surface area contributed by atoms with Gasteiger partial charge in [-0.2, -0.15) is 0 Å². The fraction of sp³-hybridized carbons (Fsp3) is 0.0833. The van der Waals surface area contributed by atoms with Gasteiger partial charge in [-0.25, -0.2) is 0 Å². The van der Waals surface area contributed by atoms with E-state index >= 15 is 0 Å². The molecule has 4 rings (SSSR count).